The van der Waals surface area contributed by atoms with E-state index < -0.39 is 0 Å². The van der Waals surface area contributed by atoms with Crippen molar-refractivity contribution in [2.24, 2.45) is 35.5 Å². The van der Waals surface area contributed by atoms with Gasteiger partial charge < -0.3 is 0 Å². The molecule has 3 aliphatic rings. The number of benzene rings is 6. The summed E-state index contributed by atoms with van der Waals surface area (Å²) in [5.74, 6) is 24.3. The summed E-state index contributed by atoms with van der Waals surface area (Å²) >= 11 is 0. The van der Waals surface area contributed by atoms with Gasteiger partial charge in [0.1, 0.15) is 0 Å². The van der Waals surface area contributed by atoms with Gasteiger partial charge in [0.15, 0.2) is 0 Å². The first-order chi connectivity index (χ1) is 35.1. The minimum absolute atomic E-state index is 0. The molecule has 0 radical (unpaired) electrons. The quantitative estimate of drug-likeness (QED) is 0.146. The lowest BCUT2D eigenvalue weighted by Gasteiger charge is -2.24. The summed E-state index contributed by atoms with van der Waals surface area (Å²) in [5, 5.41) is 0. The van der Waals surface area contributed by atoms with Crippen molar-refractivity contribution < 1.29 is 0 Å². The molecule has 3 saturated carbocycles. The number of hydrogen-bond acceptors (Lipinski definition) is 0. The van der Waals surface area contributed by atoms with Gasteiger partial charge in [-0.15, -0.1) is 0 Å². The Bertz CT molecular complexity index is 2690. The van der Waals surface area contributed by atoms with E-state index in [-0.39, 0.29) is 22.3 Å². The highest BCUT2D eigenvalue weighted by molar-refractivity contribution is 5.52. The van der Waals surface area contributed by atoms with Crippen molar-refractivity contribution in [1.29, 1.82) is 0 Å². The van der Waals surface area contributed by atoms with Crippen LogP contribution in [-0.4, -0.2) is 0 Å². The summed E-state index contributed by atoms with van der Waals surface area (Å²) in [4.78, 5) is 0. The number of rotatable bonds is 6. The van der Waals surface area contributed by atoms with Crippen LogP contribution < -0.4 is 0 Å². The fourth-order valence-corrected chi connectivity index (χ4v) is 9.61. The Balaban J connectivity index is 0.000000239. The zero-order chi connectivity index (χ0) is 50.3. The van der Waals surface area contributed by atoms with Crippen LogP contribution in [-0.2, 0) is 0 Å². The highest BCUT2D eigenvalue weighted by Crippen LogP contribution is 2.32. The summed E-state index contributed by atoms with van der Waals surface area (Å²) in [7, 11) is 0. The molecule has 0 N–H and O–H groups in total. The van der Waals surface area contributed by atoms with Crippen LogP contribution in [0.15, 0.2) is 164 Å². The van der Waals surface area contributed by atoms with Gasteiger partial charge in [-0.2, -0.15) is 0 Å². The minimum Gasteiger partial charge on any atom is -0.0945 e. The Labute approximate surface area is 458 Å². The fraction of sp³-hybridized carbons (Fsp3) is 0.360. The molecule has 390 valence electrons. The second-order valence-corrected chi connectivity index (χ2v) is 21.1. The molecule has 0 unspecified atom stereocenters. The topological polar surface area (TPSA) is 0 Å². The Morgan fingerprint density at radius 2 is 0.453 bits per heavy atom. The third kappa shape index (κ3) is 22.3. The standard InChI is InChI=1S/C24H28.C24H26.C24H24.3CH4/c3*1-19-3-7-21(8-4-19)11-13-23-15-17-24(18-16-23)14-12-22-9-5-20(2)6-10-22;;;/h3-14,23-24H,15-18H2,1-2H3;3-11,13,23-24H,15-18H2,1-2H3;3-10,23-24H,15-18H2,1-2H3;3*1H4. The molecular formula is C75H90. The number of allylic oxidation sites excluding steroid dienone is 3. The third-order valence-corrected chi connectivity index (χ3v) is 14.6. The zero-order valence-corrected chi connectivity index (χ0v) is 44.3. The van der Waals surface area contributed by atoms with E-state index in [0.29, 0.717) is 23.7 Å². The van der Waals surface area contributed by atoms with Crippen LogP contribution in [0, 0.1) is 113 Å². The van der Waals surface area contributed by atoms with Gasteiger partial charge in [-0.1, -0.05) is 237 Å². The molecule has 0 spiro atoms. The summed E-state index contributed by atoms with van der Waals surface area (Å²) in [6, 6.07) is 51.8. The molecule has 0 saturated heterocycles. The number of aryl methyl sites for hydroxylation is 6. The summed E-state index contributed by atoms with van der Waals surface area (Å²) in [5.41, 5.74) is 15.2. The van der Waals surface area contributed by atoms with Crippen molar-refractivity contribution in [1.82, 2.24) is 0 Å². The molecule has 0 atom stereocenters. The molecule has 6 aromatic carbocycles. The van der Waals surface area contributed by atoms with Crippen LogP contribution in [0.1, 0.15) is 166 Å². The second-order valence-electron chi connectivity index (χ2n) is 21.1. The van der Waals surface area contributed by atoms with Crippen molar-refractivity contribution in [2.45, 2.75) is 141 Å². The normalized spacial score (nSPS) is 19.8. The molecule has 6 aromatic rings. The molecule has 0 nitrogen and oxygen atoms in total. The van der Waals surface area contributed by atoms with Crippen molar-refractivity contribution >= 4 is 18.2 Å². The zero-order valence-electron chi connectivity index (χ0n) is 44.3. The first-order valence-electron chi connectivity index (χ1n) is 27.1. The lowest BCUT2D eigenvalue weighted by Crippen LogP contribution is -2.11. The second kappa shape index (κ2) is 32.5. The molecule has 0 aliphatic heterocycles. The predicted octanol–water partition coefficient (Wildman–Crippen LogP) is 20.4. The maximum Gasteiger partial charge on any atom is 0.0245 e. The van der Waals surface area contributed by atoms with E-state index >= 15 is 0 Å². The van der Waals surface area contributed by atoms with Crippen LogP contribution >= 0.6 is 0 Å². The van der Waals surface area contributed by atoms with E-state index in [1.54, 1.807) is 0 Å². The van der Waals surface area contributed by atoms with Gasteiger partial charge in [0, 0.05) is 34.4 Å². The summed E-state index contributed by atoms with van der Waals surface area (Å²) in [6.45, 7) is 12.7. The lowest BCUT2D eigenvalue weighted by atomic mass is 9.81. The minimum atomic E-state index is 0. The van der Waals surface area contributed by atoms with Gasteiger partial charge in [-0.25, -0.2) is 0 Å². The maximum absolute atomic E-state index is 3.48. The van der Waals surface area contributed by atoms with Crippen LogP contribution in [0.4, 0.5) is 0 Å². The Hall–Kier alpha value is -6.78. The SMILES string of the molecule is C.C.C.Cc1ccc(C#CC2CCC(C#Cc3ccc(C)cc3)CC2)cc1.Cc1ccc(C#CC2CCC(C=Cc3ccc(C)cc3)CC2)cc1.Cc1ccc(C=CC2CCC(C=Cc3ccc(C)cc3)CC2)cc1. The molecule has 3 aliphatic carbocycles. The van der Waals surface area contributed by atoms with Gasteiger partial charge in [-0.3, -0.25) is 0 Å². The molecule has 0 heterocycles. The van der Waals surface area contributed by atoms with E-state index in [0.717, 1.165) is 28.5 Å². The predicted molar refractivity (Wildman–Crippen MR) is 331 cm³/mol. The monoisotopic (exact) mass is 991 g/mol. The molecule has 0 heteroatoms. The number of hydrogen-bond donors (Lipinski definition) is 0. The van der Waals surface area contributed by atoms with Crippen molar-refractivity contribution in [3.05, 3.63) is 231 Å². The maximum atomic E-state index is 3.48. The van der Waals surface area contributed by atoms with E-state index in [9.17, 15) is 0 Å². The molecule has 75 heavy (non-hydrogen) atoms. The van der Waals surface area contributed by atoms with Gasteiger partial charge in [0.05, 0.1) is 0 Å². The van der Waals surface area contributed by atoms with Crippen LogP contribution in [0.2, 0.25) is 0 Å². The van der Waals surface area contributed by atoms with Gasteiger partial charge in [0.25, 0.3) is 0 Å². The average Bonchev–Trinajstić information content (AvgIpc) is 3.41. The van der Waals surface area contributed by atoms with E-state index in [1.807, 2.05) is 0 Å². The molecule has 0 bridgehead atoms. The van der Waals surface area contributed by atoms with Gasteiger partial charge in [-0.05, 0) is 189 Å². The van der Waals surface area contributed by atoms with E-state index in [2.05, 4.69) is 259 Å². The van der Waals surface area contributed by atoms with Crippen LogP contribution in [0.5, 0.6) is 0 Å². The Kier molecular flexibility index (Phi) is 26.3. The van der Waals surface area contributed by atoms with Gasteiger partial charge >= 0.3 is 0 Å². The highest BCUT2D eigenvalue weighted by atomic mass is 14.2. The van der Waals surface area contributed by atoms with Crippen molar-refractivity contribution in [2.75, 3.05) is 0 Å². The summed E-state index contributed by atoms with van der Waals surface area (Å²) in [6.07, 6.45) is 29.0. The third-order valence-electron chi connectivity index (χ3n) is 14.6. The van der Waals surface area contributed by atoms with E-state index in [1.165, 1.54) is 127 Å². The van der Waals surface area contributed by atoms with Crippen LogP contribution in [0.3, 0.4) is 0 Å². The molecular weight excluding hydrogens is 901 g/mol. The Morgan fingerprint density at radius 1 is 0.267 bits per heavy atom. The Morgan fingerprint density at radius 3 is 0.680 bits per heavy atom. The first-order valence-corrected chi connectivity index (χ1v) is 27.1. The summed E-state index contributed by atoms with van der Waals surface area (Å²) < 4.78 is 0. The largest absolute Gasteiger partial charge is 0.0945 e. The van der Waals surface area contributed by atoms with E-state index in [4.69, 9.17) is 0 Å². The highest BCUT2D eigenvalue weighted by Gasteiger charge is 2.20. The fourth-order valence-electron chi connectivity index (χ4n) is 9.61. The smallest absolute Gasteiger partial charge is 0.0245 e. The molecule has 0 aromatic heterocycles. The van der Waals surface area contributed by atoms with Gasteiger partial charge in [0.2, 0.25) is 0 Å². The first kappa shape index (κ1) is 60.8. The van der Waals surface area contributed by atoms with Crippen LogP contribution in [0.25, 0.3) is 18.2 Å². The molecule has 0 amide bonds. The molecule has 9 rings (SSSR count). The van der Waals surface area contributed by atoms with Crippen molar-refractivity contribution in [3.63, 3.8) is 0 Å². The van der Waals surface area contributed by atoms with Crippen molar-refractivity contribution in [3.8, 4) is 35.5 Å². The molecule has 3 fully saturated rings. The average molecular weight is 992 g/mol. The lowest BCUT2D eigenvalue weighted by molar-refractivity contribution is 0.358.